The van der Waals surface area contributed by atoms with Gasteiger partial charge in [0.15, 0.2) is 0 Å². The summed E-state index contributed by atoms with van der Waals surface area (Å²) in [5.41, 5.74) is 2.56. The number of rotatable bonds is 4. The Balaban J connectivity index is 1.76. The van der Waals surface area contributed by atoms with E-state index in [1.54, 1.807) is 12.1 Å². The number of amides is 1. The smallest absolute Gasteiger partial charge is 0.274 e. The normalized spacial score (nSPS) is 10.2. The van der Waals surface area contributed by atoms with Gasteiger partial charge in [0.1, 0.15) is 11.5 Å². The standard InChI is InChI=1S/C18H15FN4O/c1-12-4-2-3-5-15(12)22-17(24)16-10-11-20-18(23-16)21-14-8-6-13(19)7-9-14/h2-11H,1H3,(H,22,24)(H,20,21,23). The maximum atomic E-state index is 12.9. The van der Waals surface area contributed by atoms with Crippen LogP contribution in [0.15, 0.2) is 60.8 Å². The summed E-state index contributed by atoms with van der Waals surface area (Å²) in [4.78, 5) is 20.6. The molecule has 0 aliphatic rings. The topological polar surface area (TPSA) is 66.9 Å². The molecule has 24 heavy (non-hydrogen) atoms. The van der Waals surface area contributed by atoms with Crippen molar-refractivity contribution < 1.29 is 9.18 Å². The number of carbonyl (C=O) groups is 1. The Bertz CT molecular complexity index is 865. The van der Waals surface area contributed by atoms with Crippen LogP contribution >= 0.6 is 0 Å². The Morgan fingerprint density at radius 2 is 1.79 bits per heavy atom. The highest BCUT2D eigenvalue weighted by molar-refractivity contribution is 6.03. The number of anilines is 3. The first-order valence-electron chi connectivity index (χ1n) is 7.34. The molecule has 0 aliphatic carbocycles. The lowest BCUT2D eigenvalue weighted by Crippen LogP contribution is -2.15. The molecule has 0 aliphatic heterocycles. The number of carbonyl (C=O) groups excluding carboxylic acids is 1. The molecule has 1 amide bonds. The number of halogens is 1. The number of hydrogen-bond donors (Lipinski definition) is 2. The molecule has 5 nitrogen and oxygen atoms in total. The fourth-order valence-corrected chi connectivity index (χ4v) is 2.11. The van der Waals surface area contributed by atoms with E-state index in [0.717, 1.165) is 11.3 Å². The van der Waals surface area contributed by atoms with Gasteiger partial charge >= 0.3 is 0 Å². The van der Waals surface area contributed by atoms with E-state index in [4.69, 9.17) is 0 Å². The number of aryl methyl sites for hydroxylation is 1. The summed E-state index contributed by atoms with van der Waals surface area (Å²) < 4.78 is 12.9. The van der Waals surface area contributed by atoms with Crippen molar-refractivity contribution in [2.24, 2.45) is 0 Å². The van der Waals surface area contributed by atoms with Crippen molar-refractivity contribution in [3.63, 3.8) is 0 Å². The predicted molar refractivity (Wildman–Crippen MR) is 90.8 cm³/mol. The van der Waals surface area contributed by atoms with Crippen molar-refractivity contribution in [3.8, 4) is 0 Å². The molecule has 3 rings (SSSR count). The Hall–Kier alpha value is -3.28. The molecule has 0 radical (unpaired) electrons. The highest BCUT2D eigenvalue weighted by Gasteiger charge is 2.10. The number of benzene rings is 2. The third-order valence-corrected chi connectivity index (χ3v) is 3.38. The van der Waals surface area contributed by atoms with Crippen LogP contribution in [-0.2, 0) is 0 Å². The van der Waals surface area contributed by atoms with Gasteiger partial charge in [0.05, 0.1) is 0 Å². The van der Waals surface area contributed by atoms with E-state index < -0.39 is 0 Å². The van der Waals surface area contributed by atoms with Gasteiger partial charge in [0, 0.05) is 17.6 Å². The van der Waals surface area contributed by atoms with Gasteiger partial charge in [-0.3, -0.25) is 4.79 Å². The van der Waals surface area contributed by atoms with Gasteiger partial charge in [0.25, 0.3) is 5.91 Å². The molecule has 6 heteroatoms. The number of aromatic nitrogens is 2. The van der Waals surface area contributed by atoms with E-state index in [1.165, 1.54) is 24.4 Å². The van der Waals surface area contributed by atoms with E-state index in [1.807, 2.05) is 31.2 Å². The summed E-state index contributed by atoms with van der Waals surface area (Å²) in [6.45, 7) is 1.91. The molecule has 3 aromatic rings. The van der Waals surface area contributed by atoms with Gasteiger partial charge in [-0.2, -0.15) is 0 Å². The third-order valence-electron chi connectivity index (χ3n) is 3.38. The van der Waals surface area contributed by atoms with Crippen LogP contribution in [0.2, 0.25) is 0 Å². The molecule has 2 N–H and O–H groups in total. The number of para-hydroxylation sites is 1. The van der Waals surface area contributed by atoms with Crippen molar-refractivity contribution >= 4 is 23.2 Å². The largest absolute Gasteiger partial charge is 0.324 e. The Labute approximate surface area is 138 Å². The summed E-state index contributed by atoms with van der Waals surface area (Å²) in [7, 11) is 0. The molecular formula is C18H15FN4O. The van der Waals surface area contributed by atoms with Crippen molar-refractivity contribution in [1.82, 2.24) is 9.97 Å². The lowest BCUT2D eigenvalue weighted by molar-refractivity contribution is 0.102. The van der Waals surface area contributed by atoms with Crippen LogP contribution in [0.5, 0.6) is 0 Å². The maximum Gasteiger partial charge on any atom is 0.274 e. The average molecular weight is 322 g/mol. The van der Waals surface area contributed by atoms with Crippen LogP contribution in [0.3, 0.4) is 0 Å². The van der Waals surface area contributed by atoms with Gasteiger partial charge in [-0.15, -0.1) is 0 Å². The molecule has 0 fully saturated rings. The molecule has 1 heterocycles. The second-order valence-corrected chi connectivity index (χ2v) is 5.17. The van der Waals surface area contributed by atoms with Gasteiger partial charge in [-0.1, -0.05) is 18.2 Å². The zero-order valence-electron chi connectivity index (χ0n) is 13.0. The van der Waals surface area contributed by atoms with Gasteiger partial charge in [0.2, 0.25) is 5.95 Å². The molecule has 0 unspecified atom stereocenters. The minimum absolute atomic E-state index is 0.234. The van der Waals surface area contributed by atoms with Crippen LogP contribution in [0.4, 0.5) is 21.7 Å². The second-order valence-electron chi connectivity index (χ2n) is 5.17. The minimum Gasteiger partial charge on any atom is -0.324 e. The Morgan fingerprint density at radius 3 is 2.54 bits per heavy atom. The van der Waals surface area contributed by atoms with Crippen LogP contribution in [0.25, 0.3) is 0 Å². The quantitative estimate of drug-likeness (QED) is 0.764. The zero-order chi connectivity index (χ0) is 16.9. The average Bonchev–Trinajstić information content (AvgIpc) is 2.59. The lowest BCUT2D eigenvalue weighted by atomic mass is 10.2. The van der Waals surface area contributed by atoms with Crippen molar-refractivity contribution in [3.05, 3.63) is 77.9 Å². The fraction of sp³-hybridized carbons (Fsp3) is 0.0556. The van der Waals surface area contributed by atoms with Gasteiger partial charge in [-0.05, 0) is 48.9 Å². The minimum atomic E-state index is -0.326. The maximum absolute atomic E-state index is 12.9. The lowest BCUT2D eigenvalue weighted by Gasteiger charge is -2.09. The zero-order valence-corrected chi connectivity index (χ0v) is 13.0. The number of hydrogen-bond acceptors (Lipinski definition) is 4. The van der Waals surface area contributed by atoms with Gasteiger partial charge in [-0.25, -0.2) is 14.4 Å². The Morgan fingerprint density at radius 1 is 1.04 bits per heavy atom. The fourth-order valence-electron chi connectivity index (χ4n) is 2.11. The molecule has 0 spiro atoms. The molecule has 2 aromatic carbocycles. The van der Waals surface area contributed by atoms with E-state index in [2.05, 4.69) is 20.6 Å². The molecule has 120 valence electrons. The summed E-state index contributed by atoms with van der Waals surface area (Å²) in [6.07, 6.45) is 1.49. The summed E-state index contributed by atoms with van der Waals surface area (Å²) in [6, 6.07) is 14.8. The second kappa shape index (κ2) is 6.87. The first-order valence-corrected chi connectivity index (χ1v) is 7.34. The first-order chi connectivity index (χ1) is 11.6. The molecule has 0 bridgehead atoms. The highest BCUT2D eigenvalue weighted by atomic mass is 19.1. The highest BCUT2D eigenvalue weighted by Crippen LogP contribution is 2.16. The van der Waals surface area contributed by atoms with Crippen LogP contribution < -0.4 is 10.6 Å². The van der Waals surface area contributed by atoms with Crippen molar-refractivity contribution in [2.45, 2.75) is 6.92 Å². The van der Waals surface area contributed by atoms with E-state index in [9.17, 15) is 9.18 Å². The van der Waals surface area contributed by atoms with Crippen LogP contribution in [-0.4, -0.2) is 15.9 Å². The summed E-state index contributed by atoms with van der Waals surface area (Å²) in [5, 5.41) is 5.75. The molecular weight excluding hydrogens is 307 g/mol. The predicted octanol–water partition coefficient (Wildman–Crippen LogP) is 3.92. The molecule has 0 saturated carbocycles. The summed E-state index contributed by atoms with van der Waals surface area (Å²) in [5.74, 6) is -0.388. The third kappa shape index (κ3) is 3.73. The van der Waals surface area contributed by atoms with Crippen LogP contribution in [0, 0.1) is 12.7 Å². The molecule has 1 aromatic heterocycles. The van der Waals surface area contributed by atoms with Crippen molar-refractivity contribution in [2.75, 3.05) is 10.6 Å². The van der Waals surface area contributed by atoms with E-state index in [0.29, 0.717) is 5.69 Å². The Kier molecular flexibility index (Phi) is 4.47. The number of nitrogens with zero attached hydrogens (tertiary/aromatic N) is 2. The number of nitrogens with one attached hydrogen (secondary N) is 2. The monoisotopic (exact) mass is 322 g/mol. The molecule has 0 atom stereocenters. The van der Waals surface area contributed by atoms with Gasteiger partial charge < -0.3 is 10.6 Å². The van der Waals surface area contributed by atoms with E-state index >= 15 is 0 Å². The van der Waals surface area contributed by atoms with Crippen molar-refractivity contribution in [1.29, 1.82) is 0 Å². The van der Waals surface area contributed by atoms with Crippen LogP contribution in [0.1, 0.15) is 16.1 Å². The first kappa shape index (κ1) is 15.6. The SMILES string of the molecule is Cc1ccccc1NC(=O)c1ccnc(Nc2ccc(F)cc2)n1. The summed E-state index contributed by atoms with van der Waals surface area (Å²) >= 11 is 0. The van der Waals surface area contributed by atoms with E-state index in [-0.39, 0.29) is 23.4 Å². The molecule has 0 saturated heterocycles.